The van der Waals surface area contributed by atoms with Crippen molar-refractivity contribution >= 4 is 5.78 Å². The summed E-state index contributed by atoms with van der Waals surface area (Å²) in [5.74, 6) is 0.125. The highest BCUT2D eigenvalue weighted by atomic mass is 16.3. The van der Waals surface area contributed by atoms with Gasteiger partial charge < -0.3 is 5.11 Å². The van der Waals surface area contributed by atoms with Crippen molar-refractivity contribution in [2.24, 2.45) is 0 Å². The third kappa shape index (κ3) is 2.67. The summed E-state index contributed by atoms with van der Waals surface area (Å²) in [7, 11) is 0. The second-order valence-corrected chi connectivity index (χ2v) is 3.57. The van der Waals surface area contributed by atoms with Gasteiger partial charge in [0.2, 0.25) is 0 Å². The molecule has 1 aromatic carbocycles. The van der Waals surface area contributed by atoms with Gasteiger partial charge in [0, 0.05) is 18.6 Å². The van der Waals surface area contributed by atoms with Crippen molar-refractivity contribution in [3.8, 4) is 0 Å². The first-order chi connectivity index (χ1) is 6.65. The summed E-state index contributed by atoms with van der Waals surface area (Å²) in [6, 6.07) is 5.87. The molecule has 0 aliphatic rings. The Hall–Kier alpha value is -1.15. The topological polar surface area (TPSA) is 37.3 Å². The van der Waals surface area contributed by atoms with Crippen LogP contribution in [0.25, 0.3) is 0 Å². The van der Waals surface area contributed by atoms with E-state index in [0.29, 0.717) is 12.8 Å². The van der Waals surface area contributed by atoms with E-state index in [1.165, 1.54) is 0 Å². The van der Waals surface area contributed by atoms with Gasteiger partial charge in [-0.2, -0.15) is 0 Å². The van der Waals surface area contributed by atoms with Crippen LogP contribution in [-0.2, 0) is 0 Å². The number of aliphatic hydroxyl groups is 1. The van der Waals surface area contributed by atoms with Crippen LogP contribution >= 0.6 is 0 Å². The minimum atomic E-state index is 0.0800. The summed E-state index contributed by atoms with van der Waals surface area (Å²) in [5, 5.41) is 8.63. The average molecular weight is 192 g/mol. The van der Waals surface area contributed by atoms with Gasteiger partial charge in [-0.15, -0.1) is 0 Å². The minimum absolute atomic E-state index is 0.0800. The molecule has 14 heavy (non-hydrogen) atoms. The van der Waals surface area contributed by atoms with Gasteiger partial charge in [-0.05, 0) is 31.9 Å². The zero-order valence-corrected chi connectivity index (χ0v) is 8.71. The van der Waals surface area contributed by atoms with Gasteiger partial charge in [-0.25, -0.2) is 0 Å². The standard InChI is InChI=1S/C12H16O2/c1-9-5-6-10(2)11(8-9)12(14)4-3-7-13/h5-6,8,13H,3-4,7H2,1-2H3. The Morgan fingerprint density at radius 3 is 2.71 bits per heavy atom. The first kappa shape index (κ1) is 10.9. The Balaban J connectivity index is 2.83. The number of rotatable bonds is 4. The van der Waals surface area contributed by atoms with E-state index < -0.39 is 0 Å². The molecule has 0 aliphatic heterocycles. The number of carbonyl (C=O) groups excluding carboxylic acids is 1. The third-order valence-electron chi connectivity index (χ3n) is 2.26. The molecular weight excluding hydrogens is 176 g/mol. The molecule has 0 aliphatic carbocycles. The van der Waals surface area contributed by atoms with E-state index in [1.807, 2.05) is 32.0 Å². The van der Waals surface area contributed by atoms with Crippen molar-refractivity contribution in [1.29, 1.82) is 0 Å². The van der Waals surface area contributed by atoms with Crippen molar-refractivity contribution in [2.75, 3.05) is 6.61 Å². The van der Waals surface area contributed by atoms with Crippen LogP contribution in [0.15, 0.2) is 18.2 Å². The van der Waals surface area contributed by atoms with Crippen LogP contribution in [0.4, 0.5) is 0 Å². The van der Waals surface area contributed by atoms with E-state index in [4.69, 9.17) is 5.11 Å². The molecule has 0 radical (unpaired) electrons. The first-order valence-electron chi connectivity index (χ1n) is 4.86. The zero-order valence-electron chi connectivity index (χ0n) is 8.71. The lowest BCUT2D eigenvalue weighted by Gasteiger charge is -2.05. The molecular formula is C12H16O2. The average Bonchev–Trinajstić information content (AvgIpc) is 2.18. The molecule has 0 unspecified atom stereocenters. The van der Waals surface area contributed by atoms with E-state index in [9.17, 15) is 4.79 Å². The smallest absolute Gasteiger partial charge is 0.163 e. The van der Waals surface area contributed by atoms with Gasteiger partial charge in [0.15, 0.2) is 5.78 Å². The molecule has 0 saturated heterocycles. The normalized spacial score (nSPS) is 10.2. The molecule has 0 aromatic heterocycles. The Bertz CT molecular complexity index is 329. The van der Waals surface area contributed by atoms with Gasteiger partial charge in [-0.3, -0.25) is 4.79 Å². The molecule has 2 nitrogen and oxygen atoms in total. The number of aliphatic hydroxyl groups excluding tert-OH is 1. The molecule has 0 bridgehead atoms. The maximum absolute atomic E-state index is 11.7. The predicted octanol–water partition coefficient (Wildman–Crippen LogP) is 2.26. The number of ketones is 1. The number of Topliss-reactive ketones (excluding diaryl/α,β-unsaturated/α-hetero) is 1. The lowest BCUT2D eigenvalue weighted by Crippen LogP contribution is -2.03. The summed E-state index contributed by atoms with van der Waals surface area (Å²) in [4.78, 5) is 11.7. The largest absolute Gasteiger partial charge is 0.396 e. The van der Waals surface area contributed by atoms with Gasteiger partial charge in [0.25, 0.3) is 0 Å². The van der Waals surface area contributed by atoms with Crippen LogP contribution in [-0.4, -0.2) is 17.5 Å². The summed E-state index contributed by atoms with van der Waals surface area (Å²) >= 11 is 0. The highest BCUT2D eigenvalue weighted by molar-refractivity contribution is 5.97. The minimum Gasteiger partial charge on any atom is -0.396 e. The molecule has 0 spiro atoms. The van der Waals surface area contributed by atoms with E-state index in [0.717, 1.165) is 16.7 Å². The van der Waals surface area contributed by atoms with Crippen LogP contribution in [0.2, 0.25) is 0 Å². The summed E-state index contributed by atoms with van der Waals surface area (Å²) in [5.41, 5.74) is 2.90. The van der Waals surface area contributed by atoms with Gasteiger partial charge in [-0.1, -0.05) is 17.7 Å². The second kappa shape index (κ2) is 4.91. The first-order valence-corrected chi connectivity index (χ1v) is 4.86. The van der Waals surface area contributed by atoms with Crippen LogP contribution in [0.3, 0.4) is 0 Å². The number of carbonyl (C=O) groups is 1. The van der Waals surface area contributed by atoms with Crippen molar-refractivity contribution < 1.29 is 9.90 Å². The summed E-state index contributed by atoms with van der Waals surface area (Å²) < 4.78 is 0. The Morgan fingerprint density at radius 2 is 2.07 bits per heavy atom. The lowest BCUT2D eigenvalue weighted by atomic mass is 9.99. The van der Waals surface area contributed by atoms with Crippen molar-refractivity contribution in [3.05, 3.63) is 34.9 Å². The van der Waals surface area contributed by atoms with Gasteiger partial charge >= 0.3 is 0 Å². The molecule has 1 aromatic rings. The van der Waals surface area contributed by atoms with E-state index in [2.05, 4.69) is 0 Å². The third-order valence-corrected chi connectivity index (χ3v) is 2.26. The fraction of sp³-hybridized carbons (Fsp3) is 0.417. The van der Waals surface area contributed by atoms with Crippen LogP contribution in [0, 0.1) is 13.8 Å². The second-order valence-electron chi connectivity index (χ2n) is 3.57. The monoisotopic (exact) mass is 192 g/mol. The molecule has 76 valence electrons. The SMILES string of the molecule is Cc1ccc(C)c(C(=O)CCCO)c1. The van der Waals surface area contributed by atoms with E-state index in [1.54, 1.807) is 0 Å². The molecule has 0 fully saturated rings. The Morgan fingerprint density at radius 1 is 1.36 bits per heavy atom. The quantitative estimate of drug-likeness (QED) is 0.743. The van der Waals surface area contributed by atoms with E-state index >= 15 is 0 Å². The molecule has 1 rings (SSSR count). The summed E-state index contributed by atoms with van der Waals surface area (Å²) in [6.07, 6.45) is 0.979. The van der Waals surface area contributed by atoms with Crippen LogP contribution in [0.5, 0.6) is 0 Å². The fourth-order valence-electron chi connectivity index (χ4n) is 1.41. The highest BCUT2D eigenvalue weighted by Gasteiger charge is 2.08. The van der Waals surface area contributed by atoms with Crippen molar-refractivity contribution in [1.82, 2.24) is 0 Å². The molecule has 2 heteroatoms. The summed E-state index contributed by atoms with van der Waals surface area (Å²) in [6.45, 7) is 3.99. The molecule has 0 atom stereocenters. The van der Waals surface area contributed by atoms with Crippen molar-refractivity contribution in [3.63, 3.8) is 0 Å². The number of benzene rings is 1. The predicted molar refractivity (Wildman–Crippen MR) is 56.6 cm³/mol. The van der Waals surface area contributed by atoms with Gasteiger partial charge in [0.1, 0.15) is 0 Å². The zero-order chi connectivity index (χ0) is 10.6. The lowest BCUT2D eigenvalue weighted by molar-refractivity contribution is 0.0970. The fourth-order valence-corrected chi connectivity index (χ4v) is 1.41. The maximum Gasteiger partial charge on any atom is 0.163 e. The molecule has 0 amide bonds. The number of aryl methyl sites for hydroxylation is 2. The van der Waals surface area contributed by atoms with Crippen LogP contribution in [0.1, 0.15) is 34.3 Å². The molecule has 0 saturated carbocycles. The number of hydrogen-bond acceptors (Lipinski definition) is 2. The molecule has 1 N–H and O–H groups in total. The van der Waals surface area contributed by atoms with Crippen LogP contribution < -0.4 is 0 Å². The Kier molecular flexibility index (Phi) is 3.84. The number of hydrogen-bond donors (Lipinski definition) is 1. The molecule has 0 heterocycles. The maximum atomic E-state index is 11.7. The van der Waals surface area contributed by atoms with Gasteiger partial charge in [0.05, 0.1) is 0 Å². The van der Waals surface area contributed by atoms with Crippen molar-refractivity contribution in [2.45, 2.75) is 26.7 Å². The Labute approximate surface area is 84.6 Å². The highest BCUT2D eigenvalue weighted by Crippen LogP contribution is 2.13. The van der Waals surface area contributed by atoms with E-state index in [-0.39, 0.29) is 12.4 Å².